The molecule has 0 bridgehead atoms. The molecule has 0 spiro atoms. The minimum absolute atomic E-state index is 1.34. The van der Waals surface area contributed by atoms with Gasteiger partial charge in [-0.05, 0) is 0 Å². The quantitative estimate of drug-likeness (QED) is 0.422. The molecule has 0 fully saturated rings. The fraction of sp³-hybridized carbons (Fsp3) is 0.0526. The van der Waals surface area contributed by atoms with Gasteiger partial charge >= 0.3 is 146 Å². The van der Waals surface area contributed by atoms with Crippen molar-refractivity contribution < 1.29 is 0 Å². The molecule has 3 aromatic rings. The van der Waals surface area contributed by atoms with E-state index in [9.17, 15) is 0 Å². The summed E-state index contributed by atoms with van der Waals surface area (Å²) in [6, 6.07) is 30.8. The van der Waals surface area contributed by atoms with Crippen molar-refractivity contribution in [2.75, 3.05) is 0 Å². The van der Waals surface area contributed by atoms with Crippen LogP contribution in [0.4, 0.5) is 0 Å². The molecule has 0 radical (unpaired) electrons. The van der Waals surface area contributed by atoms with Gasteiger partial charge in [-0.25, -0.2) is 0 Å². The average Bonchev–Trinajstić information content (AvgIpc) is 2.57. The SMILES string of the molecule is Cc1cc[c]([Bi]([S]c2ccccc2)[S]c2ccccc2)cc1. The average molecular weight is 518 g/mol. The van der Waals surface area contributed by atoms with Crippen LogP contribution in [0.5, 0.6) is 0 Å². The van der Waals surface area contributed by atoms with E-state index in [1.165, 1.54) is 15.4 Å². The van der Waals surface area contributed by atoms with Gasteiger partial charge in [0.05, 0.1) is 0 Å². The normalized spacial score (nSPS) is 10.8. The first kappa shape index (κ1) is 16.1. The van der Waals surface area contributed by atoms with Crippen LogP contribution in [0.15, 0.2) is 94.7 Å². The van der Waals surface area contributed by atoms with Crippen LogP contribution in [0.25, 0.3) is 0 Å². The second kappa shape index (κ2) is 8.20. The van der Waals surface area contributed by atoms with Gasteiger partial charge in [0.25, 0.3) is 0 Å². The van der Waals surface area contributed by atoms with Crippen molar-refractivity contribution >= 4 is 39.1 Å². The van der Waals surface area contributed by atoms with Crippen LogP contribution >= 0.6 is 17.0 Å². The molecule has 0 aliphatic heterocycles. The first-order valence-corrected chi connectivity index (χ1v) is 18.9. The maximum absolute atomic E-state index is 2.33. The van der Waals surface area contributed by atoms with Gasteiger partial charge < -0.3 is 0 Å². The Kier molecular flexibility index (Phi) is 6.00. The summed E-state index contributed by atoms with van der Waals surface area (Å²) in [6.07, 6.45) is 0. The molecular weight excluding hydrogens is 501 g/mol. The first-order chi connectivity index (χ1) is 10.8. The van der Waals surface area contributed by atoms with E-state index in [2.05, 4.69) is 109 Å². The van der Waals surface area contributed by atoms with Gasteiger partial charge in [-0.1, -0.05) is 0 Å². The van der Waals surface area contributed by atoms with Crippen LogP contribution < -0.4 is 3.27 Å². The van der Waals surface area contributed by atoms with E-state index >= 15 is 0 Å². The van der Waals surface area contributed by atoms with Gasteiger partial charge in [0, 0.05) is 0 Å². The van der Waals surface area contributed by atoms with Crippen molar-refractivity contribution in [3.63, 3.8) is 0 Å². The minimum atomic E-state index is -1.97. The van der Waals surface area contributed by atoms with Crippen molar-refractivity contribution in [1.29, 1.82) is 0 Å². The Balaban J connectivity index is 1.86. The number of hydrogen-bond acceptors (Lipinski definition) is 2. The topological polar surface area (TPSA) is 0 Å². The molecule has 0 aliphatic rings. The zero-order valence-corrected chi connectivity index (χ0v) is 17.5. The standard InChI is InChI=1S/C7H7.2C6H6S.Bi/c1-7-5-3-2-4-6-7;2*7-6-4-2-1-3-5-6;/h3-6H,1H3;2*1-5,7H;/q;;;+2/p-2. The summed E-state index contributed by atoms with van der Waals surface area (Å²) in [5.41, 5.74) is 1.34. The molecule has 0 heterocycles. The second-order valence-electron chi connectivity index (χ2n) is 4.90. The van der Waals surface area contributed by atoms with Gasteiger partial charge in [-0.3, -0.25) is 0 Å². The first-order valence-electron chi connectivity index (χ1n) is 7.14. The number of hydrogen-bond donors (Lipinski definition) is 0. The Labute approximate surface area is 145 Å². The van der Waals surface area contributed by atoms with Crippen molar-refractivity contribution in [3.8, 4) is 0 Å². The van der Waals surface area contributed by atoms with Crippen LogP contribution in [0.2, 0.25) is 0 Å². The van der Waals surface area contributed by atoms with Gasteiger partial charge in [-0.15, -0.1) is 0 Å². The van der Waals surface area contributed by atoms with E-state index < -0.39 is 18.8 Å². The molecular formula is C19H17BiS2. The third kappa shape index (κ3) is 4.62. The molecule has 0 nitrogen and oxygen atoms in total. The molecule has 0 unspecified atom stereocenters. The fourth-order valence-corrected chi connectivity index (χ4v) is 22.5. The summed E-state index contributed by atoms with van der Waals surface area (Å²) in [6.45, 7) is 2.16. The molecule has 0 atom stereocenters. The van der Waals surface area contributed by atoms with E-state index in [0.717, 1.165) is 0 Å². The molecule has 0 aliphatic carbocycles. The van der Waals surface area contributed by atoms with E-state index in [-0.39, 0.29) is 0 Å². The summed E-state index contributed by atoms with van der Waals surface area (Å²) < 4.78 is 1.56. The van der Waals surface area contributed by atoms with E-state index in [4.69, 9.17) is 0 Å². The van der Waals surface area contributed by atoms with Crippen LogP contribution in [-0.2, 0) is 0 Å². The van der Waals surface area contributed by atoms with Crippen molar-refractivity contribution in [2.24, 2.45) is 0 Å². The van der Waals surface area contributed by atoms with Crippen LogP contribution in [0.3, 0.4) is 0 Å². The fourth-order valence-electron chi connectivity index (χ4n) is 1.94. The van der Waals surface area contributed by atoms with Crippen molar-refractivity contribution in [2.45, 2.75) is 16.7 Å². The number of aryl methyl sites for hydroxylation is 1. The number of benzene rings is 3. The molecule has 22 heavy (non-hydrogen) atoms. The zero-order valence-electron chi connectivity index (χ0n) is 12.3. The summed E-state index contributed by atoms with van der Waals surface area (Å²) in [5.74, 6) is 0. The second-order valence-corrected chi connectivity index (χ2v) is 22.9. The predicted molar refractivity (Wildman–Crippen MR) is 101 cm³/mol. The van der Waals surface area contributed by atoms with Crippen molar-refractivity contribution in [3.05, 3.63) is 90.5 Å². The summed E-state index contributed by atoms with van der Waals surface area (Å²) >= 11 is -1.97. The third-order valence-electron chi connectivity index (χ3n) is 3.11. The Morgan fingerprint density at radius 2 is 1.05 bits per heavy atom. The summed E-state index contributed by atoms with van der Waals surface area (Å²) in [5, 5.41) is 0. The summed E-state index contributed by atoms with van der Waals surface area (Å²) in [7, 11) is 4.22. The molecule has 0 aromatic heterocycles. The van der Waals surface area contributed by atoms with Gasteiger partial charge in [0.2, 0.25) is 0 Å². The number of rotatable bonds is 5. The molecule has 3 aromatic carbocycles. The third-order valence-corrected chi connectivity index (χ3v) is 23.6. The monoisotopic (exact) mass is 518 g/mol. The van der Waals surface area contributed by atoms with Gasteiger partial charge in [0.1, 0.15) is 0 Å². The molecule has 110 valence electrons. The van der Waals surface area contributed by atoms with Crippen LogP contribution in [0, 0.1) is 6.92 Å². The Hall–Kier alpha value is -0.757. The summed E-state index contributed by atoms with van der Waals surface area (Å²) in [4.78, 5) is 2.79. The predicted octanol–water partition coefficient (Wildman–Crippen LogP) is 5.27. The Morgan fingerprint density at radius 3 is 1.50 bits per heavy atom. The van der Waals surface area contributed by atoms with Gasteiger partial charge in [0.15, 0.2) is 0 Å². The zero-order chi connectivity index (χ0) is 15.2. The maximum atomic E-state index is 2.33. The van der Waals surface area contributed by atoms with Crippen molar-refractivity contribution in [1.82, 2.24) is 0 Å². The van der Waals surface area contributed by atoms with Gasteiger partial charge in [-0.2, -0.15) is 0 Å². The molecule has 3 rings (SSSR count). The van der Waals surface area contributed by atoms with E-state index in [1.807, 2.05) is 0 Å². The molecule has 0 N–H and O–H groups in total. The molecule has 0 saturated carbocycles. The molecule has 0 amide bonds. The molecule has 3 heteroatoms. The van der Waals surface area contributed by atoms with Crippen LogP contribution in [0.1, 0.15) is 5.56 Å². The van der Waals surface area contributed by atoms with Crippen LogP contribution in [-0.4, -0.2) is 18.8 Å². The Bertz CT molecular complexity index is 655. The molecule has 0 saturated heterocycles. The van der Waals surface area contributed by atoms with E-state index in [0.29, 0.717) is 0 Å². The Morgan fingerprint density at radius 1 is 0.591 bits per heavy atom. The van der Waals surface area contributed by atoms with E-state index in [1.54, 1.807) is 3.27 Å².